The van der Waals surface area contributed by atoms with Crippen LogP contribution in [0.15, 0.2) is 0 Å². The number of hydrogen-bond donors (Lipinski definition) is 1. The lowest BCUT2D eigenvalue weighted by molar-refractivity contribution is -0.289. The highest BCUT2D eigenvalue weighted by Gasteiger charge is 2.60. The molecule has 0 saturated heterocycles. The van der Waals surface area contributed by atoms with Crippen LogP contribution in [0.3, 0.4) is 0 Å². The third kappa shape index (κ3) is 2.62. The lowest BCUT2D eigenvalue weighted by Crippen LogP contribution is -2.57. The monoisotopic (exact) mass is 304 g/mol. The molecule has 3 saturated carbocycles. The van der Waals surface area contributed by atoms with Gasteiger partial charge in [-0.2, -0.15) is 13.2 Å². The molecule has 0 aromatic rings. The van der Waals surface area contributed by atoms with Crippen LogP contribution in [-0.2, 0) is 0 Å². The molecule has 122 valence electrons. The van der Waals surface area contributed by atoms with E-state index in [1.807, 2.05) is 0 Å². The fourth-order valence-corrected chi connectivity index (χ4v) is 5.67. The van der Waals surface area contributed by atoms with Gasteiger partial charge in [-0.25, -0.2) is 0 Å². The average Bonchev–Trinajstić information content (AvgIpc) is 2.45. The highest BCUT2D eigenvalue weighted by Crippen LogP contribution is 2.57. The molecule has 0 radical (unpaired) electrons. The first-order chi connectivity index (χ1) is 9.82. The Morgan fingerprint density at radius 3 is 1.95 bits per heavy atom. The summed E-state index contributed by atoms with van der Waals surface area (Å²) in [7, 11) is 0. The van der Waals surface area contributed by atoms with Gasteiger partial charge in [0.15, 0.2) is 5.60 Å². The third-order valence-corrected chi connectivity index (χ3v) is 6.76. The second kappa shape index (κ2) is 5.43. The molecule has 3 fully saturated rings. The largest absolute Gasteiger partial charge is 0.417 e. The third-order valence-electron chi connectivity index (χ3n) is 6.76. The minimum absolute atomic E-state index is 0.0784. The second-order valence-electron chi connectivity index (χ2n) is 7.81. The molecule has 3 aliphatic carbocycles. The van der Waals surface area contributed by atoms with Crippen LogP contribution in [0.25, 0.3) is 0 Å². The maximum Gasteiger partial charge on any atom is 0.417 e. The Hall–Kier alpha value is -0.250. The number of halogens is 3. The standard InChI is InChI=1S/C17H27F3O/c1-16(21,17(18,19)20)15-10-11-6-2-3-7-12(11)13-8-4-5-9-14(13)15/h11-15,21H,2-10H2,1H3. The van der Waals surface area contributed by atoms with Crippen molar-refractivity contribution < 1.29 is 18.3 Å². The minimum Gasteiger partial charge on any atom is -0.380 e. The molecular formula is C17H27F3O. The normalized spacial score (nSPS) is 43.6. The van der Waals surface area contributed by atoms with Gasteiger partial charge < -0.3 is 5.11 Å². The molecule has 1 N–H and O–H groups in total. The Morgan fingerprint density at radius 1 is 0.810 bits per heavy atom. The number of rotatable bonds is 1. The molecule has 6 unspecified atom stereocenters. The summed E-state index contributed by atoms with van der Waals surface area (Å²) in [4.78, 5) is 0. The van der Waals surface area contributed by atoms with Crippen LogP contribution in [0.1, 0.15) is 64.7 Å². The van der Waals surface area contributed by atoms with E-state index in [9.17, 15) is 18.3 Å². The van der Waals surface area contributed by atoms with Crippen molar-refractivity contribution in [3.05, 3.63) is 0 Å². The Labute approximate surface area is 125 Å². The average molecular weight is 304 g/mol. The molecule has 0 aliphatic heterocycles. The predicted molar refractivity (Wildman–Crippen MR) is 75.7 cm³/mol. The highest BCUT2D eigenvalue weighted by molar-refractivity contribution is 5.02. The summed E-state index contributed by atoms with van der Waals surface area (Å²) in [6.07, 6.45) is 4.88. The molecule has 0 aromatic carbocycles. The summed E-state index contributed by atoms with van der Waals surface area (Å²) < 4.78 is 40.1. The van der Waals surface area contributed by atoms with Crippen molar-refractivity contribution in [1.82, 2.24) is 0 Å². The minimum atomic E-state index is -4.51. The van der Waals surface area contributed by atoms with E-state index in [0.717, 1.165) is 45.4 Å². The molecule has 0 aromatic heterocycles. The van der Waals surface area contributed by atoms with Gasteiger partial charge in [-0.3, -0.25) is 0 Å². The van der Waals surface area contributed by atoms with E-state index < -0.39 is 17.7 Å². The van der Waals surface area contributed by atoms with E-state index in [2.05, 4.69) is 0 Å². The predicted octanol–water partition coefficient (Wildman–Crippen LogP) is 4.93. The van der Waals surface area contributed by atoms with Gasteiger partial charge in [-0.1, -0.05) is 32.1 Å². The van der Waals surface area contributed by atoms with Gasteiger partial charge in [0.25, 0.3) is 0 Å². The number of alkyl halides is 3. The summed E-state index contributed by atoms with van der Waals surface area (Å²) in [5, 5.41) is 10.3. The molecule has 3 rings (SSSR count). The van der Waals surface area contributed by atoms with Crippen molar-refractivity contribution in [2.24, 2.45) is 29.6 Å². The summed E-state index contributed by atoms with van der Waals surface area (Å²) in [5.74, 6) is 0.953. The van der Waals surface area contributed by atoms with Crippen molar-refractivity contribution in [2.75, 3.05) is 0 Å². The molecule has 0 bridgehead atoms. The molecule has 0 spiro atoms. The van der Waals surface area contributed by atoms with E-state index in [0.29, 0.717) is 24.2 Å². The molecule has 3 aliphatic rings. The summed E-state index contributed by atoms with van der Waals surface area (Å²) in [5.41, 5.74) is -2.52. The Morgan fingerprint density at radius 2 is 1.33 bits per heavy atom. The van der Waals surface area contributed by atoms with Gasteiger partial charge in [-0.05, 0) is 62.2 Å². The quantitative estimate of drug-likeness (QED) is 0.728. The molecule has 0 heterocycles. The van der Waals surface area contributed by atoms with Crippen LogP contribution in [-0.4, -0.2) is 16.9 Å². The maximum atomic E-state index is 13.4. The molecular weight excluding hydrogens is 277 g/mol. The lowest BCUT2D eigenvalue weighted by Gasteiger charge is -2.55. The lowest BCUT2D eigenvalue weighted by atomic mass is 9.52. The zero-order valence-electron chi connectivity index (χ0n) is 12.8. The maximum absolute atomic E-state index is 13.4. The first-order valence-corrected chi connectivity index (χ1v) is 8.61. The van der Waals surface area contributed by atoms with Crippen LogP contribution in [0.4, 0.5) is 13.2 Å². The SMILES string of the molecule is CC(O)(C1CC2CCCCC2C2CCCCC21)C(F)(F)F. The first-order valence-electron chi connectivity index (χ1n) is 8.61. The van der Waals surface area contributed by atoms with E-state index in [1.165, 1.54) is 12.8 Å². The van der Waals surface area contributed by atoms with Gasteiger partial charge in [0, 0.05) is 0 Å². The molecule has 1 nitrogen and oxygen atoms in total. The summed E-state index contributed by atoms with van der Waals surface area (Å²) in [6, 6.07) is 0. The van der Waals surface area contributed by atoms with Crippen molar-refractivity contribution in [2.45, 2.75) is 76.5 Å². The molecule has 4 heteroatoms. The van der Waals surface area contributed by atoms with E-state index in [4.69, 9.17) is 0 Å². The first kappa shape index (κ1) is 15.6. The highest BCUT2D eigenvalue weighted by atomic mass is 19.4. The smallest absolute Gasteiger partial charge is 0.380 e. The van der Waals surface area contributed by atoms with Gasteiger partial charge in [-0.15, -0.1) is 0 Å². The topological polar surface area (TPSA) is 20.2 Å². The van der Waals surface area contributed by atoms with Crippen molar-refractivity contribution in [3.8, 4) is 0 Å². The van der Waals surface area contributed by atoms with Crippen LogP contribution in [0.5, 0.6) is 0 Å². The van der Waals surface area contributed by atoms with Gasteiger partial charge in [0.1, 0.15) is 0 Å². The summed E-state index contributed by atoms with van der Waals surface area (Å²) >= 11 is 0. The number of aliphatic hydroxyl groups is 1. The van der Waals surface area contributed by atoms with Crippen LogP contribution < -0.4 is 0 Å². The van der Waals surface area contributed by atoms with E-state index in [1.54, 1.807) is 0 Å². The van der Waals surface area contributed by atoms with Crippen molar-refractivity contribution in [3.63, 3.8) is 0 Å². The molecule has 6 atom stereocenters. The van der Waals surface area contributed by atoms with Crippen molar-refractivity contribution >= 4 is 0 Å². The Kier molecular flexibility index (Phi) is 4.05. The number of hydrogen-bond acceptors (Lipinski definition) is 1. The molecule has 0 amide bonds. The van der Waals surface area contributed by atoms with E-state index in [-0.39, 0.29) is 5.92 Å². The van der Waals surface area contributed by atoms with Crippen LogP contribution in [0.2, 0.25) is 0 Å². The second-order valence-corrected chi connectivity index (χ2v) is 7.81. The fourth-order valence-electron chi connectivity index (χ4n) is 5.67. The van der Waals surface area contributed by atoms with Crippen LogP contribution in [0, 0.1) is 29.6 Å². The summed E-state index contributed by atoms with van der Waals surface area (Å²) in [6.45, 7) is 1.02. The zero-order chi connectivity index (χ0) is 15.3. The Bertz CT molecular complexity index is 377. The molecule has 21 heavy (non-hydrogen) atoms. The van der Waals surface area contributed by atoms with E-state index >= 15 is 0 Å². The van der Waals surface area contributed by atoms with Crippen LogP contribution >= 0.6 is 0 Å². The zero-order valence-corrected chi connectivity index (χ0v) is 12.8. The fraction of sp³-hybridized carbons (Fsp3) is 1.00. The van der Waals surface area contributed by atoms with Gasteiger partial charge >= 0.3 is 6.18 Å². The number of fused-ring (bicyclic) bond motifs is 3. The van der Waals surface area contributed by atoms with Gasteiger partial charge in [0.2, 0.25) is 0 Å². The van der Waals surface area contributed by atoms with Crippen molar-refractivity contribution in [1.29, 1.82) is 0 Å². The Balaban J connectivity index is 1.89. The van der Waals surface area contributed by atoms with Gasteiger partial charge in [0.05, 0.1) is 0 Å².